The van der Waals surface area contributed by atoms with E-state index in [1.807, 2.05) is 43.2 Å². The van der Waals surface area contributed by atoms with Gasteiger partial charge >= 0.3 is 5.97 Å². The number of esters is 1. The minimum absolute atomic E-state index is 0.267. The highest BCUT2D eigenvalue weighted by molar-refractivity contribution is 5.89. The van der Waals surface area contributed by atoms with E-state index in [4.69, 9.17) is 4.74 Å². The summed E-state index contributed by atoms with van der Waals surface area (Å²) < 4.78 is 9.16. The number of aryl methyl sites for hydroxylation is 2. The van der Waals surface area contributed by atoms with E-state index in [1.165, 1.54) is 0 Å². The first-order chi connectivity index (χ1) is 9.67. The van der Waals surface area contributed by atoms with Crippen LogP contribution in [0.4, 0.5) is 0 Å². The topological polar surface area (TPSA) is 49.0 Å². The van der Waals surface area contributed by atoms with Gasteiger partial charge in [0.15, 0.2) is 0 Å². The number of hydrogen-bond acceptors (Lipinski definition) is 3. The SMILES string of the molecule is CCCn1cncc1Cn1ccc(C)c1C(=O)OCC. The van der Waals surface area contributed by atoms with Crippen molar-refractivity contribution in [1.29, 1.82) is 0 Å². The predicted octanol–water partition coefficient (Wildman–Crippen LogP) is 2.63. The Labute approximate surface area is 119 Å². The number of hydrogen-bond donors (Lipinski definition) is 0. The summed E-state index contributed by atoms with van der Waals surface area (Å²) in [5.74, 6) is -0.267. The largest absolute Gasteiger partial charge is 0.461 e. The van der Waals surface area contributed by atoms with Crippen LogP contribution in [0.25, 0.3) is 0 Å². The molecule has 5 nitrogen and oxygen atoms in total. The fourth-order valence-electron chi connectivity index (χ4n) is 2.29. The molecule has 108 valence electrons. The van der Waals surface area contributed by atoms with Crippen LogP contribution in [0.3, 0.4) is 0 Å². The van der Waals surface area contributed by atoms with Crippen molar-refractivity contribution in [2.24, 2.45) is 0 Å². The maximum absolute atomic E-state index is 12.0. The summed E-state index contributed by atoms with van der Waals surface area (Å²) in [5.41, 5.74) is 2.65. The van der Waals surface area contributed by atoms with Gasteiger partial charge in [-0.2, -0.15) is 0 Å². The van der Waals surface area contributed by atoms with Crippen LogP contribution in [-0.4, -0.2) is 26.7 Å². The van der Waals surface area contributed by atoms with Crippen LogP contribution in [-0.2, 0) is 17.8 Å². The van der Waals surface area contributed by atoms with Crippen molar-refractivity contribution in [2.75, 3.05) is 6.61 Å². The van der Waals surface area contributed by atoms with Gasteiger partial charge in [0.1, 0.15) is 5.69 Å². The highest BCUT2D eigenvalue weighted by Gasteiger charge is 2.16. The third kappa shape index (κ3) is 2.92. The maximum atomic E-state index is 12.0. The lowest BCUT2D eigenvalue weighted by molar-refractivity contribution is 0.0513. The normalized spacial score (nSPS) is 10.8. The van der Waals surface area contributed by atoms with Gasteiger partial charge < -0.3 is 13.9 Å². The van der Waals surface area contributed by atoms with Crippen LogP contribution < -0.4 is 0 Å². The van der Waals surface area contributed by atoms with Gasteiger partial charge in [-0.1, -0.05) is 6.92 Å². The molecule has 5 heteroatoms. The number of imidazole rings is 1. The number of ether oxygens (including phenoxy) is 1. The number of carbonyl (C=O) groups excluding carboxylic acids is 1. The molecule has 0 saturated heterocycles. The molecule has 0 radical (unpaired) electrons. The molecule has 0 saturated carbocycles. The molecular formula is C15H21N3O2. The maximum Gasteiger partial charge on any atom is 0.355 e. The molecule has 0 N–H and O–H groups in total. The highest BCUT2D eigenvalue weighted by Crippen LogP contribution is 2.14. The average molecular weight is 275 g/mol. The zero-order chi connectivity index (χ0) is 14.5. The van der Waals surface area contributed by atoms with E-state index in [0.717, 1.165) is 24.2 Å². The Morgan fingerprint density at radius 2 is 2.15 bits per heavy atom. The fourth-order valence-corrected chi connectivity index (χ4v) is 2.29. The van der Waals surface area contributed by atoms with Gasteiger partial charge in [-0.3, -0.25) is 0 Å². The van der Waals surface area contributed by atoms with E-state index in [2.05, 4.69) is 16.5 Å². The van der Waals surface area contributed by atoms with E-state index >= 15 is 0 Å². The molecule has 0 bridgehead atoms. The lowest BCUT2D eigenvalue weighted by Crippen LogP contribution is -2.15. The van der Waals surface area contributed by atoms with Gasteiger partial charge in [0.2, 0.25) is 0 Å². The Balaban J connectivity index is 2.25. The Bertz CT molecular complexity index is 584. The van der Waals surface area contributed by atoms with Gasteiger partial charge in [0.05, 0.1) is 25.2 Å². The first-order valence-corrected chi connectivity index (χ1v) is 6.99. The molecular weight excluding hydrogens is 254 g/mol. The van der Waals surface area contributed by atoms with Crippen molar-refractivity contribution in [3.8, 4) is 0 Å². The van der Waals surface area contributed by atoms with Crippen molar-refractivity contribution in [1.82, 2.24) is 14.1 Å². The van der Waals surface area contributed by atoms with E-state index in [0.29, 0.717) is 18.8 Å². The summed E-state index contributed by atoms with van der Waals surface area (Å²) in [5, 5.41) is 0. The first-order valence-electron chi connectivity index (χ1n) is 6.99. The molecule has 2 aromatic heterocycles. The summed E-state index contributed by atoms with van der Waals surface area (Å²) in [6.07, 6.45) is 6.66. The summed E-state index contributed by atoms with van der Waals surface area (Å²) in [7, 11) is 0. The molecule has 0 fully saturated rings. The molecule has 0 unspecified atom stereocenters. The van der Waals surface area contributed by atoms with Crippen molar-refractivity contribution in [3.05, 3.63) is 41.7 Å². The number of rotatable bonds is 6. The van der Waals surface area contributed by atoms with Gasteiger partial charge in [0, 0.05) is 18.9 Å². The Morgan fingerprint density at radius 3 is 2.85 bits per heavy atom. The lowest BCUT2D eigenvalue weighted by Gasteiger charge is -2.11. The molecule has 0 amide bonds. The summed E-state index contributed by atoms with van der Waals surface area (Å²) in [4.78, 5) is 16.2. The summed E-state index contributed by atoms with van der Waals surface area (Å²) >= 11 is 0. The number of aromatic nitrogens is 3. The number of carbonyl (C=O) groups is 1. The third-order valence-electron chi connectivity index (χ3n) is 3.23. The quantitative estimate of drug-likeness (QED) is 0.761. The second-order valence-corrected chi connectivity index (χ2v) is 4.77. The Kier molecular flexibility index (Phi) is 4.61. The molecule has 20 heavy (non-hydrogen) atoms. The highest BCUT2D eigenvalue weighted by atomic mass is 16.5. The summed E-state index contributed by atoms with van der Waals surface area (Å²) in [6.45, 7) is 7.82. The van der Waals surface area contributed by atoms with E-state index in [-0.39, 0.29) is 5.97 Å². The van der Waals surface area contributed by atoms with Gasteiger partial charge in [-0.05, 0) is 31.9 Å². The molecule has 0 atom stereocenters. The van der Waals surface area contributed by atoms with Crippen molar-refractivity contribution in [2.45, 2.75) is 40.3 Å². The molecule has 0 aliphatic carbocycles. The van der Waals surface area contributed by atoms with Crippen LogP contribution in [0.15, 0.2) is 24.8 Å². The molecule has 0 aliphatic heterocycles. The fraction of sp³-hybridized carbons (Fsp3) is 0.467. The smallest absolute Gasteiger partial charge is 0.355 e. The van der Waals surface area contributed by atoms with E-state index in [9.17, 15) is 4.79 Å². The van der Waals surface area contributed by atoms with Crippen LogP contribution in [0.1, 0.15) is 42.0 Å². The minimum atomic E-state index is -0.267. The van der Waals surface area contributed by atoms with Gasteiger partial charge in [-0.25, -0.2) is 9.78 Å². The van der Waals surface area contributed by atoms with Gasteiger partial charge in [-0.15, -0.1) is 0 Å². The molecule has 2 aromatic rings. The molecule has 0 aromatic carbocycles. The molecule has 0 spiro atoms. The zero-order valence-electron chi connectivity index (χ0n) is 12.3. The second-order valence-electron chi connectivity index (χ2n) is 4.77. The van der Waals surface area contributed by atoms with Crippen LogP contribution in [0.2, 0.25) is 0 Å². The van der Waals surface area contributed by atoms with Gasteiger partial charge in [0.25, 0.3) is 0 Å². The van der Waals surface area contributed by atoms with Crippen molar-refractivity contribution >= 4 is 5.97 Å². The van der Waals surface area contributed by atoms with E-state index < -0.39 is 0 Å². The molecule has 2 rings (SSSR count). The average Bonchev–Trinajstić information content (AvgIpc) is 2.99. The van der Waals surface area contributed by atoms with Crippen molar-refractivity contribution in [3.63, 3.8) is 0 Å². The van der Waals surface area contributed by atoms with E-state index in [1.54, 1.807) is 0 Å². The lowest BCUT2D eigenvalue weighted by atomic mass is 10.2. The van der Waals surface area contributed by atoms with Crippen LogP contribution >= 0.6 is 0 Å². The van der Waals surface area contributed by atoms with Crippen LogP contribution in [0, 0.1) is 6.92 Å². The standard InChI is InChI=1S/C15H21N3O2/c1-4-7-18-11-16-9-13(18)10-17-8-6-12(3)14(17)15(19)20-5-2/h6,8-9,11H,4-5,7,10H2,1-3H3. The first kappa shape index (κ1) is 14.4. The predicted molar refractivity (Wildman–Crippen MR) is 76.7 cm³/mol. The Morgan fingerprint density at radius 1 is 1.35 bits per heavy atom. The number of nitrogens with zero attached hydrogens (tertiary/aromatic N) is 3. The van der Waals surface area contributed by atoms with Crippen molar-refractivity contribution < 1.29 is 9.53 Å². The third-order valence-corrected chi connectivity index (χ3v) is 3.23. The van der Waals surface area contributed by atoms with Crippen LogP contribution in [0.5, 0.6) is 0 Å². The zero-order valence-corrected chi connectivity index (χ0v) is 12.3. The summed E-state index contributed by atoms with van der Waals surface area (Å²) in [6, 6.07) is 1.94. The molecule has 2 heterocycles. The Hall–Kier alpha value is -2.04. The monoisotopic (exact) mass is 275 g/mol. The molecule has 0 aliphatic rings. The second kappa shape index (κ2) is 6.41. The minimum Gasteiger partial charge on any atom is -0.461 e.